The normalized spacial score (nSPS) is 11.6. The second kappa shape index (κ2) is 23.0. The maximum atomic E-state index is 11.7. The van der Waals surface area contributed by atoms with Crippen LogP contribution in [-0.4, -0.2) is 12.5 Å². The van der Waals surface area contributed by atoms with Gasteiger partial charge in [0.15, 0.2) is 0 Å². The molecule has 0 unspecified atom stereocenters. The number of hydrogen-bond donors (Lipinski definition) is 1. The molecule has 0 spiro atoms. The minimum absolute atomic E-state index is 0.246. The van der Waals surface area contributed by atoms with Crippen molar-refractivity contribution in [2.75, 3.05) is 6.54 Å². The van der Waals surface area contributed by atoms with E-state index in [1.807, 2.05) is 0 Å². The number of carbonyl (C=O) groups excluding carboxylic acids is 1. The third-order valence-corrected chi connectivity index (χ3v) is 4.96. The molecule has 158 valence electrons. The van der Waals surface area contributed by atoms with Gasteiger partial charge in [-0.3, -0.25) is 4.79 Å². The van der Waals surface area contributed by atoms with Crippen LogP contribution in [0.25, 0.3) is 0 Å². The van der Waals surface area contributed by atoms with Gasteiger partial charge in [0, 0.05) is 13.0 Å². The van der Waals surface area contributed by atoms with Crippen molar-refractivity contribution in [3.8, 4) is 0 Å². The molecular formula is C25H47NO. The molecule has 2 nitrogen and oxygen atoms in total. The summed E-state index contributed by atoms with van der Waals surface area (Å²) in [6.45, 7) is 5.34. The van der Waals surface area contributed by atoms with Crippen LogP contribution < -0.4 is 5.32 Å². The van der Waals surface area contributed by atoms with E-state index < -0.39 is 0 Å². The molecule has 0 aromatic carbocycles. The highest BCUT2D eigenvalue weighted by Gasteiger charge is 2.00. The predicted octanol–water partition coefficient (Wildman–Crippen LogP) is 7.89. The Hall–Kier alpha value is -1.05. The number of amides is 1. The Morgan fingerprint density at radius 1 is 0.630 bits per heavy atom. The molecule has 0 aliphatic carbocycles. The zero-order valence-corrected chi connectivity index (χ0v) is 18.4. The molecule has 1 N–H and O–H groups in total. The van der Waals surface area contributed by atoms with Gasteiger partial charge in [-0.15, -0.1) is 0 Å². The number of hydrogen-bond acceptors (Lipinski definition) is 1. The van der Waals surface area contributed by atoms with Crippen molar-refractivity contribution in [2.24, 2.45) is 0 Å². The SMILES string of the molecule is CCCCC/C=C\C/C=C\CCCCCCCC(=O)NCCCCCCC. The zero-order valence-electron chi connectivity index (χ0n) is 18.4. The van der Waals surface area contributed by atoms with E-state index in [-0.39, 0.29) is 5.91 Å². The standard InChI is InChI=1S/C25H47NO/c1-3-5-7-9-10-11-12-13-14-15-16-17-18-19-21-23-25(27)26-24-22-20-8-6-4-2/h10-11,13-14H,3-9,12,15-24H2,1-2H3,(H,26,27)/b11-10-,14-13-. The first-order chi connectivity index (χ1) is 13.3. The van der Waals surface area contributed by atoms with Gasteiger partial charge < -0.3 is 5.32 Å². The minimum Gasteiger partial charge on any atom is -0.356 e. The number of carbonyl (C=O) groups is 1. The quantitative estimate of drug-likeness (QED) is 0.170. The third kappa shape index (κ3) is 22.9. The molecule has 0 saturated heterocycles. The van der Waals surface area contributed by atoms with Crippen molar-refractivity contribution in [2.45, 2.75) is 123 Å². The molecule has 0 atom stereocenters. The van der Waals surface area contributed by atoms with Gasteiger partial charge in [-0.25, -0.2) is 0 Å². The summed E-state index contributed by atoms with van der Waals surface area (Å²) < 4.78 is 0. The first kappa shape index (κ1) is 26.0. The summed E-state index contributed by atoms with van der Waals surface area (Å²) in [5.74, 6) is 0.246. The lowest BCUT2D eigenvalue weighted by Crippen LogP contribution is -2.23. The highest BCUT2D eigenvalue weighted by Crippen LogP contribution is 2.08. The van der Waals surface area contributed by atoms with Crippen LogP contribution >= 0.6 is 0 Å². The molecule has 0 bridgehead atoms. The minimum atomic E-state index is 0.246. The fourth-order valence-electron chi connectivity index (χ4n) is 3.14. The summed E-state index contributed by atoms with van der Waals surface area (Å²) in [5.41, 5.74) is 0. The summed E-state index contributed by atoms with van der Waals surface area (Å²) in [5, 5.41) is 3.06. The van der Waals surface area contributed by atoms with E-state index in [0.29, 0.717) is 6.42 Å². The molecule has 27 heavy (non-hydrogen) atoms. The molecule has 2 heteroatoms. The van der Waals surface area contributed by atoms with Crippen LogP contribution in [-0.2, 0) is 4.79 Å². The van der Waals surface area contributed by atoms with Crippen LogP contribution in [0.2, 0.25) is 0 Å². The van der Waals surface area contributed by atoms with Gasteiger partial charge in [0.25, 0.3) is 0 Å². The van der Waals surface area contributed by atoms with Gasteiger partial charge in [0.05, 0.1) is 0 Å². The van der Waals surface area contributed by atoms with E-state index in [4.69, 9.17) is 0 Å². The smallest absolute Gasteiger partial charge is 0.219 e. The molecule has 0 aromatic rings. The summed E-state index contributed by atoms with van der Waals surface area (Å²) in [7, 11) is 0. The average Bonchev–Trinajstić information content (AvgIpc) is 2.67. The van der Waals surface area contributed by atoms with E-state index in [1.165, 1.54) is 83.5 Å². The van der Waals surface area contributed by atoms with Crippen LogP contribution in [0.1, 0.15) is 123 Å². The largest absolute Gasteiger partial charge is 0.356 e. The topological polar surface area (TPSA) is 29.1 Å². The second-order valence-corrected chi connectivity index (χ2v) is 7.74. The molecule has 1 amide bonds. The molecule has 0 aliphatic rings. The molecule has 0 radical (unpaired) electrons. The third-order valence-electron chi connectivity index (χ3n) is 4.96. The lowest BCUT2D eigenvalue weighted by atomic mass is 10.1. The maximum Gasteiger partial charge on any atom is 0.219 e. The lowest BCUT2D eigenvalue weighted by molar-refractivity contribution is -0.121. The summed E-state index contributed by atoms with van der Waals surface area (Å²) in [4.78, 5) is 11.7. The summed E-state index contributed by atoms with van der Waals surface area (Å²) >= 11 is 0. The number of rotatable bonds is 20. The maximum absolute atomic E-state index is 11.7. The molecule has 0 rings (SSSR count). The Labute approximate surface area is 170 Å². The van der Waals surface area contributed by atoms with Crippen molar-refractivity contribution in [1.82, 2.24) is 5.32 Å². The van der Waals surface area contributed by atoms with Crippen molar-refractivity contribution >= 4 is 5.91 Å². The Bertz CT molecular complexity index is 359. The van der Waals surface area contributed by atoms with E-state index >= 15 is 0 Å². The first-order valence-electron chi connectivity index (χ1n) is 11.9. The molecule has 0 heterocycles. The Balaban J connectivity index is 3.25. The van der Waals surface area contributed by atoms with Crippen LogP contribution in [0.4, 0.5) is 0 Å². The lowest BCUT2D eigenvalue weighted by Gasteiger charge is -2.05. The fraction of sp³-hybridized carbons (Fsp3) is 0.800. The molecule has 0 aromatic heterocycles. The van der Waals surface area contributed by atoms with Gasteiger partial charge in [-0.2, -0.15) is 0 Å². The molecule has 0 aliphatic heterocycles. The van der Waals surface area contributed by atoms with Gasteiger partial charge in [-0.1, -0.05) is 95.9 Å². The van der Waals surface area contributed by atoms with Gasteiger partial charge >= 0.3 is 0 Å². The molecule has 0 fully saturated rings. The summed E-state index contributed by atoms with van der Waals surface area (Å²) in [6.07, 6.45) is 29.8. The van der Waals surface area contributed by atoms with E-state index in [9.17, 15) is 4.79 Å². The van der Waals surface area contributed by atoms with Crippen LogP contribution in [0.3, 0.4) is 0 Å². The Kier molecular flexibility index (Phi) is 22.1. The van der Waals surface area contributed by atoms with E-state index in [1.54, 1.807) is 0 Å². The van der Waals surface area contributed by atoms with Crippen molar-refractivity contribution in [3.63, 3.8) is 0 Å². The highest BCUT2D eigenvalue weighted by molar-refractivity contribution is 5.75. The van der Waals surface area contributed by atoms with Gasteiger partial charge in [0.2, 0.25) is 5.91 Å². The predicted molar refractivity (Wildman–Crippen MR) is 121 cm³/mol. The Morgan fingerprint density at radius 3 is 1.85 bits per heavy atom. The molecule has 0 saturated carbocycles. The second-order valence-electron chi connectivity index (χ2n) is 7.74. The van der Waals surface area contributed by atoms with E-state index in [0.717, 1.165) is 25.8 Å². The van der Waals surface area contributed by atoms with Gasteiger partial charge in [0.1, 0.15) is 0 Å². The van der Waals surface area contributed by atoms with Crippen molar-refractivity contribution in [1.29, 1.82) is 0 Å². The van der Waals surface area contributed by atoms with E-state index in [2.05, 4.69) is 43.5 Å². The highest BCUT2D eigenvalue weighted by atomic mass is 16.1. The zero-order chi connectivity index (χ0) is 19.8. The number of allylic oxidation sites excluding steroid dienone is 4. The first-order valence-corrected chi connectivity index (χ1v) is 11.9. The number of nitrogens with one attached hydrogen (secondary N) is 1. The van der Waals surface area contributed by atoms with Crippen molar-refractivity contribution < 1.29 is 4.79 Å². The monoisotopic (exact) mass is 377 g/mol. The van der Waals surface area contributed by atoms with Crippen LogP contribution in [0.15, 0.2) is 24.3 Å². The fourth-order valence-corrected chi connectivity index (χ4v) is 3.14. The van der Waals surface area contributed by atoms with Gasteiger partial charge in [-0.05, 0) is 44.9 Å². The summed E-state index contributed by atoms with van der Waals surface area (Å²) in [6, 6.07) is 0. The average molecular weight is 378 g/mol. The Morgan fingerprint density at radius 2 is 1.15 bits per heavy atom. The molecular weight excluding hydrogens is 330 g/mol. The van der Waals surface area contributed by atoms with Crippen LogP contribution in [0.5, 0.6) is 0 Å². The number of unbranched alkanes of at least 4 members (excludes halogenated alkanes) is 12. The van der Waals surface area contributed by atoms with Crippen molar-refractivity contribution in [3.05, 3.63) is 24.3 Å². The van der Waals surface area contributed by atoms with Crippen LogP contribution in [0, 0.1) is 0 Å².